The molecular weight excluding hydrogens is 406 g/mol. The highest BCUT2D eigenvalue weighted by molar-refractivity contribution is 6.31. The number of carbonyl (C=O) groups excluding carboxylic acids is 2. The van der Waals surface area contributed by atoms with Crippen LogP contribution in [0.1, 0.15) is 34.8 Å². The third-order valence-corrected chi connectivity index (χ3v) is 5.73. The van der Waals surface area contributed by atoms with Crippen LogP contribution in [0.4, 0.5) is 0 Å². The van der Waals surface area contributed by atoms with Crippen molar-refractivity contribution >= 4 is 23.4 Å². The topological polar surface area (TPSA) is 79.9 Å². The highest BCUT2D eigenvalue weighted by Gasteiger charge is 2.25. The summed E-state index contributed by atoms with van der Waals surface area (Å²) >= 11 is 6.41. The summed E-state index contributed by atoms with van der Waals surface area (Å²) in [5, 5.41) is 6.28. The maximum Gasteiger partial charge on any atom is 0.251 e. The first-order valence-corrected chi connectivity index (χ1v) is 10.4. The Labute approximate surface area is 180 Å². The molecule has 2 aromatic carbocycles. The van der Waals surface area contributed by atoms with Gasteiger partial charge in [0.1, 0.15) is 0 Å². The monoisotopic (exact) mass is 429 g/mol. The Morgan fingerprint density at radius 1 is 1.03 bits per heavy atom. The molecule has 1 saturated heterocycles. The predicted molar refractivity (Wildman–Crippen MR) is 113 cm³/mol. The SMILES string of the molecule is O=C(CNC(=O)c1ccc2c(c1)OCO2)NC[C@@H](c1ccccc1Cl)N1CCCC1. The van der Waals surface area contributed by atoms with Crippen molar-refractivity contribution in [3.63, 3.8) is 0 Å². The van der Waals surface area contributed by atoms with Crippen LogP contribution in [0.2, 0.25) is 5.02 Å². The molecule has 30 heavy (non-hydrogen) atoms. The fraction of sp³-hybridized carbons (Fsp3) is 0.364. The molecule has 2 aliphatic rings. The molecule has 8 heteroatoms. The molecule has 158 valence electrons. The van der Waals surface area contributed by atoms with E-state index in [1.807, 2.05) is 24.3 Å². The maximum atomic E-state index is 12.4. The van der Waals surface area contributed by atoms with Gasteiger partial charge < -0.3 is 20.1 Å². The largest absolute Gasteiger partial charge is 0.454 e. The van der Waals surface area contributed by atoms with Crippen molar-refractivity contribution in [3.05, 3.63) is 58.6 Å². The molecule has 7 nitrogen and oxygen atoms in total. The first-order valence-electron chi connectivity index (χ1n) is 10.0. The third kappa shape index (κ3) is 4.68. The summed E-state index contributed by atoms with van der Waals surface area (Å²) < 4.78 is 10.5. The summed E-state index contributed by atoms with van der Waals surface area (Å²) in [6, 6.07) is 12.7. The first-order chi connectivity index (χ1) is 14.6. The van der Waals surface area contributed by atoms with Gasteiger partial charge in [0.2, 0.25) is 12.7 Å². The quantitative estimate of drug-likeness (QED) is 0.707. The van der Waals surface area contributed by atoms with E-state index in [4.69, 9.17) is 21.1 Å². The van der Waals surface area contributed by atoms with E-state index in [0.717, 1.165) is 31.5 Å². The minimum atomic E-state index is -0.342. The van der Waals surface area contributed by atoms with Crippen molar-refractivity contribution in [3.8, 4) is 11.5 Å². The Balaban J connectivity index is 1.32. The van der Waals surface area contributed by atoms with Crippen molar-refractivity contribution in [2.45, 2.75) is 18.9 Å². The number of hydrogen-bond donors (Lipinski definition) is 2. The molecule has 0 aliphatic carbocycles. The minimum Gasteiger partial charge on any atom is -0.454 e. The lowest BCUT2D eigenvalue weighted by atomic mass is 10.1. The standard InChI is InChI=1S/C22H24ClN3O4/c23-17-6-2-1-5-16(17)18(26-9-3-4-10-26)12-24-21(27)13-25-22(28)15-7-8-19-20(11-15)30-14-29-19/h1-2,5-8,11,18H,3-4,9-10,12-14H2,(H,24,27)(H,25,28)/t18-/m0/s1. The molecule has 2 aromatic rings. The van der Waals surface area contributed by atoms with Crippen LogP contribution in [-0.4, -0.2) is 49.7 Å². The number of amides is 2. The number of fused-ring (bicyclic) bond motifs is 1. The van der Waals surface area contributed by atoms with Gasteiger partial charge in [0.25, 0.3) is 5.91 Å². The van der Waals surface area contributed by atoms with Crippen molar-refractivity contribution in [2.24, 2.45) is 0 Å². The van der Waals surface area contributed by atoms with Gasteiger partial charge in [0.05, 0.1) is 12.6 Å². The molecule has 2 amide bonds. The number of benzene rings is 2. The first kappa shape index (κ1) is 20.5. The van der Waals surface area contributed by atoms with E-state index in [1.54, 1.807) is 18.2 Å². The number of halogens is 1. The summed E-state index contributed by atoms with van der Waals surface area (Å²) in [5.74, 6) is 0.545. The Hall–Kier alpha value is -2.77. The van der Waals surface area contributed by atoms with Gasteiger partial charge in [0, 0.05) is 17.1 Å². The van der Waals surface area contributed by atoms with Crippen LogP contribution in [0, 0.1) is 0 Å². The molecule has 2 aliphatic heterocycles. The van der Waals surface area contributed by atoms with Crippen molar-refractivity contribution in [2.75, 3.05) is 33.0 Å². The molecule has 4 rings (SSSR count). The zero-order valence-electron chi connectivity index (χ0n) is 16.5. The summed E-state index contributed by atoms with van der Waals surface area (Å²) in [6.45, 7) is 2.43. The fourth-order valence-corrected chi connectivity index (χ4v) is 4.07. The Morgan fingerprint density at radius 2 is 1.80 bits per heavy atom. The minimum absolute atomic E-state index is 0.00899. The van der Waals surface area contributed by atoms with E-state index in [2.05, 4.69) is 15.5 Å². The second-order valence-electron chi connectivity index (χ2n) is 7.34. The molecular formula is C22H24ClN3O4. The summed E-state index contributed by atoms with van der Waals surface area (Å²) in [7, 11) is 0. The average Bonchev–Trinajstić information content (AvgIpc) is 3.45. The number of ether oxygens (including phenoxy) is 2. The van der Waals surface area contributed by atoms with E-state index in [9.17, 15) is 9.59 Å². The summed E-state index contributed by atoms with van der Waals surface area (Å²) in [5.41, 5.74) is 1.42. The molecule has 1 fully saturated rings. The molecule has 2 N–H and O–H groups in total. The Bertz CT molecular complexity index is 930. The van der Waals surface area contributed by atoms with Gasteiger partial charge in [-0.05, 0) is 55.8 Å². The van der Waals surface area contributed by atoms with Crippen LogP contribution in [0.15, 0.2) is 42.5 Å². The van der Waals surface area contributed by atoms with Gasteiger partial charge in [-0.25, -0.2) is 0 Å². The van der Waals surface area contributed by atoms with Crippen LogP contribution in [0.5, 0.6) is 11.5 Å². The molecule has 0 saturated carbocycles. The second-order valence-corrected chi connectivity index (χ2v) is 7.74. The highest BCUT2D eigenvalue weighted by atomic mass is 35.5. The normalized spacial score (nSPS) is 16.3. The smallest absolute Gasteiger partial charge is 0.251 e. The maximum absolute atomic E-state index is 12.4. The van der Waals surface area contributed by atoms with E-state index >= 15 is 0 Å². The third-order valence-electron chi connectivity index (χ3n) is 5.38. The number of hydrogen-bond acceptors (Lipinski definition) is 5. The summed E-state index contributed by atoms with van der Waals surface area (Å²) in [6.07, 6.45) is 2.28. The molecule has 0 aromatic heterocycles. The average molecular weight is 430 g/mol. The van der Waals surface area contributed by atoms with Gasteiger partial charge in [-0.15, -0.1) is 0 Å². The van der Waals surface area contributed by atoms with Gasteiger partial charge in [-0.2, -0.15) is 0 Å². The molecule has 0 radical (unpaired) electrons. The Morgan fingerprint density at radius 3 is 2.60 bits per heavy atom. The van der Waals surface area contributed by atoms with Crippen LogP contribution in [0.3, 0.4) is 0 Å². The van der Waals surface area contributed by atoms with Crippen LogP contribution >= 0.6 is 11.6 Å². The van der Waals surface area contributed by atoms with E-state index in [-0.39, 0.29) is 31.2 Å². The number of nitrogens with zero attached hydrogens (tertiary/aromatic N) is 1. The predicted octanol–water partition coefficient (Wildman–Crippen LogP) is 2.75. The lowest BCUT2D eigenvalue weighted by molar-refractivity contribution is -0.120. The molecule has 1 atom stereocenters. The number of carbonyl (C=O) groups is 2. The van der Waals surface area contributed by atoms with Gasteiger partial charge in [-0.3, -0.25) is 14.5 Å². The van der Waals surface area contributed by atoms with Gasteiger partial charge >= 0.3 is 0 Å². The Kier molecular flexibility index (Phi) is 6.40. The number of likely N-dealkylation sites (tertiary alicyclic amines) is 1. The molecule has 0 spiro atoms. The van der Waals surface area contributed by atoms with Crippen LogP contribution < -0.4 is 20.1 Å². The van der Waals surface area contributed by atoms with Crippen LogP contribution in [0.25, 0.3) is 0 Å². The van der Waals surface area contributed by atoms with Gasteiger partial charge in [-0.1, -0.05) is 29.8 Å². The highest BCUT2D eigenvalue weighted by Crippen LogP contribution is 2.32. The zero-order chi connectivity index (χ0) is 20.9. The molecule has 0 unspecified atom stereocenters. The van der Waals surface area contributed by atoms with Crippen molar-refractivity contribution < 1.29 is 19.1 Å². The lowest BCUT2D eigenvalue weighted by Crippen LogP contribution is -2.41. The second kappa shape index (κ2) is 9.36. The molecule has 0 bridgehead atoms. The molecule has 2 heterocycles. The van der Waals surface area contributed by atoms with Gasteiger partial charge in [0.15, 0.2) is 11.5 Å². The number of rotatable bonds is 7. The van der Waals surface area contributed by atoms with Crippen molar-refractivity contribution in [1.82, 2.24) is 15.5 Å². The van der Waals surface area contributed by atoms with E-state index in [0.29, 0.717) is 28.6 Å². The number of nitrogens with one attached hydrogen (secondary N) is 2. The summed E-state index contributed by atoms with van der Waals surface area (Å²) in [4.78, 5) is 27.1. The zero-order valence-corrected chi connectivity index (χ0v) is 17.3. The fourth-order valence-electron chi connectivity index (χ4n) is 3.81. The van der Waals surface area contributed by atoms with Crippen molar-refractivity contribution in [1.29, 1.82) is 0 Å². The lowest BCUT2D eigenvalue weighted by Gasteiger charge is -2.29. The van der Waals surface area contributed by atoms with E-state index < -0.39 is 0 Å². The van der Waals surface area contributed by atoms with E-state index in [1.165, 1.54) is 0 Å². The van der Waals surface area contributed by atoms with Crippen LogP contribution in [-0.2, 0) is 4.79 Å².